The van der Waals surface area contributed by atoms with Gasteiger partial charge < -0.3 is 9.30 Å². The van der Waals surface area contributed by atoms with E-state index in [9.17, 15) is 8.42 Å². The van der Waals surface area contributed by atoms with Crippen LogP contribution in [-0.4, -0.2) is 34.4 Å². The van der Waals surface area contributed by atoms with E-state index in [1.165, 1.54) is 12.5 Å². The fourth-order valence-corrected chi connectivity index (χ4v) is 4.08. The number of sulfonamides is 1. The highest BCUT2D eigenvalue weighted by Crippen LogP contribution is 2.25. The van der Waals surface area contributed by atoms with Crippen molar-refractivity contribution in [3.63, 3.8) is 0 Å². The van der Waals surface area contributed by atoms with Gasteiger partial charge in [0.05, 0.1) is 13.4 Å². The summed E-state index contributed by atoms with van der Waals surface area (Å²) in [4.78, 5) is 8.23. The van der Waals surface area contributed by atoms with Gasteiger partial charge >= 0.3 is 0 Å². The molecule has 0 spiro atoms. The average Bonchev–Trinajstić information content (AvgIpc) is 3.24. The first kappa shape index (κ1) is 18.3. The number of ether oxygens (including phenoxy) is 1. The van der Waals surface area contributed by atoms with Crippen LogP contribution in [0.4, 0.5) is 5.13 Å². The molecule has 0 fully saturated rings. The van der Waals surface area contributed by atoms with Crippen LogP contribution in [0.5, 0.6) is 5.75 Å². The maximum Gasteiger partial charge on any atom is 0.282 e. The maximum atomic E-state index is 12.5. The predicted molar refractivity (Wildman–Crippen MR) is 99.8 cm³/mol. The van der Waals surface area contributed by atoms with E-state index < -0.39 is 10.0 Å². The van der Waals surface area contributed by atoms with Gasteiger partial charge in [-0.05, 0) is 18.1 Å². The number of imidazole rings is 1. The Morgan fingerprint density at radius 3 is 2.88 bits per heavy atom. The molecule has 138 valence electrons. The molecular weight excluding hydrogens is 374 g/mol. The van der Waals surface area contributed by atoms with E-state index in [1.54, 1.807) is 17.7 Å². The quantitative estimate of drug-likeness (QED) is 0.663. The van der Waals surface area contributed by atoms with Gasteiger partial charge in [0.25, 0.3) is 10.0 Å². The molecule has 2 aromatic heterocycles. The lowest BCUT2D eigenvalue weighted by molar-refractivity contribution is 0.415. The Kier molecular flexibility index (Phi) is 5.23. The molecule has 1 aromatic carbocycles. The lowest BCUT2D eigenvalue weighted by Crippen LogP contribution is -2.13. The van der Waals surface area contributed by atoms with E-state index in [2.05, 4.69) is 19.1 Å². The lowest BCUT2D eigenvalue weighted by Gasteiger charge is -2.04. The summed E-state index contributed by atoms with van der Waals surface area (Å²) in [6, 6.07) is 7.25. The highest BCUT2D eigenvalue weighted by atomic mass is 32.2. The summed E-state index contributed by atoms with van der Waals surface area (Å²) < 4.78 is 38.5. The van der Waals surface area contributed by atoms with Gasteiger partial charge in [-0.1, -0.05) is 26.0 Å². The lowest BCUT2D eigenvalue weighted by atomic mass is 10.2. The van der Waals surface area contributed by atoms with Gasteiger partial charge in [0.1, 0.15) is 5.75 Å². The average molecular weight is 393 g/mol. The summed E-state index contributed by atoms with van der Waals surface area (Å²) in [6.07, 6.45) is 3.02. The molecule has 0 aliphatic carbocycles. The number of nitrogens with one attached hydrogen (secondary N) is 1. The molecular formula is C16H19N5O3S2. The third-order valence-corrected chi connectivity index (χ3v) is 5.42. The zero-order chi connectivity index (χ0) is 18.7. The minimum absolute atomic E-state index is 0.0451. The van der Waals surface area contributed by atoms with Crippen molar-refractivity contribution in [3.8, 4) is 17.1 Å². The highest BCUT2D eigenvalue weighted by Gasteiger charge is 2.20. The van der Waals surface area contributed by atoms with Gasteiger partial charge in [-0.25, -0.2) is 4.98 Å². The van der Waals surface area contributed by atoms with Gasteiger partial charge in [-0.15, -0.1) is 0 Å². The Hall–Kier alpha value is -2.46. The summed E-state index contributed by atoms with van der Waals surface area (Å²) in [5, 5.41) is 0.137. The Morgan fingerprint density at radius 2 is 2.15 bits per heavy atom. The summed E-state index contributed by atoms with van der Waals surface area (Å²) in [5.74, 6) is 1.49. The Balaban J connectivity index is 1.78. The van der Waals surface area contributed by atoms with Gasteiger partial charge in [-0.3, -0.25) is 4.72 Å². The molecule has 0 bridgehead atoms. The third kappa shape index (κ3) is 4.20. The normalized spacial score (nSPS) is 11.7. The Morgan fingerprint density at radius 1 is 1.35 bits per heavy atom. The van der Waals surface area contributed by atoms with Crippen LogP contribution in [0.1, 0.15) is 13.8 Å². The number of aromatic nitrogens is 4. The van der Waals surface area contributed by atoms with Crippen LogP contribution < -0.4 is 9.46 Å². The van der Waals surface area contributed by atoms with E-state index in [0.717, 1.165) is 17.1 Å². The van der Waals surface area contributed by atoms with Crippen molar-refractivity contribution in [2.75, 3.05) is 11.8 Å². The van der Waals surface area contributed by atoms with Gasteiger partial charge in [0.15, 0.2) is 10.9 Å². The third-order valence-electron chi connectivity index (χ3n) is 3.44. The SMILES string of the molecule is COc1cccc(-c2nsc(NS(=O)(=O)c3cn(CC(C)C)cn3)n2)c1. The number of nitrogens with zero attached hydrogens (tertiary/aromatic N) is 4. The van der Waals surface area contributed by atoms with Crippen LogP contribution in [0.15, 0.2) is 41.8 Å². The first-order valence-corrected chi connectivity index (χ1v) is 10.2. The van der Waals surface area contributed by atoms with Crippen molar-refractivity contribution >= 4 is 26.7 Å². The summed E-state index contributed by atoms with van der Waals surface area (Å²) in [6.45, 7) is 4.79. The summed E-state index contributed by atoms with van der Waals surface area (Å²) in [7, 11) is -2.23. The number of benzene rings is 1. The number of hydrogen-bond acceptors (Lipinski definition) is 7. The van der Waals surface area contributed by atoms with Crippen molar-refractivity contribution in [3.05, 3.63) is 36.8 Å². The Labute approximate surface area is 156 Å². The summed E-state index contributed by atoms with van der Waals surface area (Å²) in [5.41, 5.74) is 0.743. The zero-order valence-electron chi connectivity index (χ0n) is 14.6. The van der Waals surface area contributed by atoms with Crippen molar-refractivity contribution in [1.82, 2.24) is 18.9 Å². The van der Waals surface area contributed by atoms with Crippen molar-refractivity contribution < 1.29 is 13.2 Å². The second-order valence-electron chi connectivity index (χ2n) is 6.06. The smallest absolute Gasteiger partial charge is 0.282 e. The molecule has 0 radical (unpaired) electrons. The molecule has 3 rings (SSSR count). The topological polar surface area (TPSA) is 99.0 Å². The zero-order valence-corrected chi connectivity index (χ0v) is 16.2. The van der Waals surface area contributed by atoms with Crippen molar-refractivity contribution in [1.29, 1.82) is 0 Å². The molecule has 3 aromatic rings. The molecule has 0 aliphatic rings. The maximum absolute atomic E-state index is 12.5. The number of hydrogen-bond donors (Lipinski definition) is 1. The standard InChI is InChI=1S/C16H19N5O3S2/c1-11(2)8-21-9-14(17-10-21)26(22,23)20-16-18-15(19-25-16)12-5-4-6-13(7-12)24-3/h4-7,9-11H,8H2,1-3H3,(H,18,19,20). The predicted octanol–water partition coefficient (Wildman–Crippen LogP) is 2.87. The molecule has 0 saturated heterocycles. The molecule has 2 heterocycles. The minimum atomic E-state index is -3.81. The molecule has 0 aliphatic heterocycles. The van der Waals surface area contributed by atoms with E-state index in [-0.39, 0.29) is 10.2 Å². The second-order valence-corrected chi connectivity index (χ2v) is 8.44. The van der Waals surface area contributed by atoms with E-state index >= 15 is 0 Å². The van der Waals surface area contributed by atoms with Crippen LogP contribution in [0.2, 0.25) is 0 Å². The van der Waals surface area contributed by atoms with Crippen LogP contribution in [0.3, 0.4) is 0 Å². The number of rotatable bonds is 7. The van der Waals surface area contributed by atoms with Crippen molar-refractivity contribution in [2.24, 2.45) is 5.92 Å². The fourth-order valence-electron chi connectivity index (χ4n) is 2.31. The molecule has 10 heteroatoms. The molecule has 0 saturated carbocycles. The van der Waals surface area contributed by atoms with Gasteiger partial charge in [0, 0.05) is 29.8 Å². The fraction of sp³-hybridized carbons (Fsp3) is 0.312. The van der Waals surface area contributed by atoms with Gasteiger partial charge in [0.2, 0.25) is 5.13 Å². The first-order valence-electron chi connectivity index (χ1n) is 7.90. The van der Waals surface area contributed by atoms with Crippen LogP contribution in [-0.2, 0) is 16.6 Å². The van der Waals surface area contributed by atoms with Crippen LogP contribution in [0, 0.1) is 5.92 Å². The van der Waals surface area contributed by atoms with E-state index in [0.29, 0.717) is 24.0 Å². The minimum Gasteiger partial charge on any atom is -0.497 e. The highest BCUT2D eigenvalue weighted by molar-refractivity contribution is 7.92. The summed E-state index contributed by atoms with van der Waals surface area (Å²) >= 11 is 0.970. The molecule has 0 unspecified atom stereocenters. The van der Waals surface area contributed by atoms with E-state index in [1.807, 2.05) is 32.0 Å². The first-order chi connectivity index (χ1) is 12.4. The molecule has 0 atom stereocenters. The molecule has 26 heavy (non-hydrogen) atoms. The van der Waals surface area contributed by atoms with Gasteiger partial charge in [-0.2, -0.15) is 17.8 Å². The van der Waals surface area contributed by atoms with E-state index in [4.69, 9.17) is 4.74 Å². The van der Waals surface area contributed by atoms with Crippen LogP contribution in [0.25, 0.3) is 11.4 Å². The molecule has 8 nitrogen and oxygen atoms in total. The molecule has 0 amide bonds. The number of anilines is 1. The monoisotopic (exact) mass is 393 g/mol. The number of methoxy groups -OCH3 is 1. The second kappa shape index (κ2) is 7.42. The van der Waals surface area contributed by atoms with Crippen molar-refractivity contribution in [2.45, 2.75) is 25.4 Å². The Bertz CT molecular complexity index is 995. The molecule has 1 N–H and O–H groups in total. The largest absolute Gasteiger partial charge is 0.497 e. The van der Waals surface area contributed by atoms with Crippen LogP contribution >= 0.6 is 11.5 Å².